The van der Waals surface area contributed by atoms with E-state index in [-0.39, 0.29) is 17.4 Å². The lowest BCUT2D eigenvalue weighted by molar-refractivity contribution is -0.117. The number of benzene rings is 1. The van der Waals surface area contributed by atoms with Crippen LogP contribution in [-0.4, -0.2) is 21.8 Å². The molecule has 1 saturated carbocycles. The van der Waals surface area contributed by atoms with Crippen molar-refractivity contribution >= 4 is 34.2 Å². The fraction of sp³-hybridized carbons (Fsp3) is 0.250. The molecule has 0 atom stereocenters. The van der Waals surface area contributed by atoms with Crippen LogP contribution in [0.5, 0.6) is 0 Å². The largest absolute Gasteiger partial charge is 0.359 e. The van der Waals surface area contributed by atoms with E-state index in [1.165, 1.54) is 0 Å². The second-order valence-electron chi connectivity index (χ2n) is 8.07. The molecule has 1 fully saturated rings. The van der Waals surface area contributed by atoms with Crippen LogP contribution in [0.25, 0.3) is 22.0 Å². The van der Waals surface area contributed by atoms with Gasteiger partial charge in [-0.15, -0.1) is 0 Å². The topological polar surface area (TPSA) is 111 Å². The maximum atomic E-state index is 12.6. The number of rotatable bonds is 5. The van der Waals surface area contributed by atoms with Crippen molar-refractivity contribution in [2.75, 3.05) is 10.6 Å². The molecule has 1 aliphatic rings. The molecule has 0 radical (unpaired) electrons. The van der Waals surface area contributed by atoms with Gasteiger partial charge in [0.05, 0.1) is 11.2 Å². The first-order valence-electron chi connectivity index (χ1n) is 10.2. The summed E-state index contributed by atoms with van der Waals surface area (Å²) < 4.78 is 0. The Hall–Kier alpha value is -3.92. The lowest BCUT2D eigenvalue weighted by atomic mass is 10.0. The molecule has 156 valence electrons. The summed E-state index contributed by atoms with van der Waals surface area (Å²) in [5.41, 5.74) is 4.94. The molecule has 2 amide bonds. The van der Waals surface area contributed by atoms with Crippen molar-refractivity contribution in [1.82, 2.24) is 9.97 Å². The molecule has 1 aliphatic carbocycles. The highest BCUT2D eigenvalue weighted by atomic mass is 16.2. The van der Waals surface area contributed by atoms with Crippen LogP contribution in [0.4, 0.5) is 11.5 Å². The Morgan fingerprint density at radius 1 is 1.19 bits per heavy atom. The molecule has 0 saturated heterocycles. The number of carbonyl (C=O) groups is 2. The Balaban J connectivity index is 1.70. The number of anilines is 2. The number of nitrogens with one attached hydrogen (secondary N) is 3. The predicted molar refractivity (Wildman–Crippen MR) is 120 cm³/mol. The molecule has 7 nitrogen and oxygen atoms in total. The van der Waals surface area contributed by atoms with Gasteiger partial charge in [-0.2, -0.15) is 5.26 Å². The smallest absolute Gasteiger partial charge is 0.266 e. The van der Waals surface area contributed by atoms with Gasteiger partial charge >= 0.3 is 0 Å². The van der Waals surface area contributed by atoms with Gasteiger partial charge in [0.15, 0.2) is 0 Å². The highest BCUT2D eigenvalue weighted by Gasteiger charge is 2.29. The van der Waals surface area contributed by atoms with Gasteiger partial charge < -0.3 is 15.6 Å². The Morgan fingerprint density at radius 3 is 2.65 bits per heavy atom. The quantitative estimate of drug-likeness (QED) is 0.416. The van der Waals surface area contributed by atoms with E-state index in [0.29, 0.717) is 17.1 Å². The predicted octanol–water partition coefficient (Wildman–Crippen LogP) is 4.69. The minimum absolute atomic E-state index is 0.0111. The summed E-state index contributed by atoms with van der Waals surface area (Å²) >= 11 is 0. The molecule has 0 spiro atoms. The van der Waals surface area contributed by atoms with E-state index in [0.717, 1.165) is 40.4 Å². The van der Waals surface area contributed by atoms with Crippen molar-refractivity contribution in [3.05, 3.63) is 53.4 Å². The number of H-pyrrole nitrogens is 1. The first kappa shape index (κ1) is 20.4. The van der Waals surface area contributed by atoms with Crippen LogP contribution in [0.3, 0.4) is 0 Å². The second-order valence-corrected chi connectivity index (χ2v) is 8.07. The van der Waals surface area contributed by atoms with Crippen molar-refractivity contribution in [3.8, 4) is 17.2 Å². The zero-order valence-electron chi connectivity index (χ0n) is 17.7. The normalized spacial score (nSPS) is 12.8. The first-order valence-corrected chi connectivity index (χ1v) is 10.2. The van der Waals surface area contributed by atoms with Crippen molar-refractivity contribution in [2.45, 2.75) is 33.6 Å². The van der Waals surface area contributed by atoms with Crippen LogP contribution in [0.1, 0.15) is 32.3 Å². The lowest BCUT2D eigenvalue weighted by Gasteiger charge is -2.09. The number of nitrogens with zero attached hydrogens (tertiary/aromatic N) is 2. The number of aromatic nitrogens is 2. The Morgan fingerprint density at radius 2 is 1.97 bits per heavy atom. The molecule has 3 N–H and O–H groups in total. The van der Waals surface area contributed by atoms with Crippen LogP contribution >= 0.6 is 0 Å². The molecule has 1 aromatic carbocycles. The number of hydrogen-bond donors (Lipinski definition) is 3. The minimum atomic E-state index is -0.431. The van der Waals surface area contributed by atoms with Crippen LogP contribution in [0.2, 0.25) is 0 Å². The van der Waals surface area contributed by atoms with Gasteiger partial charge in [-0.05, 0) is 69.0 Å². The molecule has 7 heteroatoms. The van der Waals surface area contributed by atoms with Crippen molar-refractivity contribution < 1.29 is 9.59 Å². The highest BCUT2D eigenvalue weighted by Crippen LogP contribution is 2.35. The SMILES string of the molecule is CC(C)=C(C#N)C(=O)Nc1cc(C)cc2c(-c3ccnc(NC(=O)C4CC4)c3)c[nH]c12. The Bertz CT molecular complexity index is 1270. The van der Waals surface area contributed by atoms with E-state index >= 15 is 0 Å². The molecular weight excluding hydrogens is 390 g/mol. The Kier molecular flexibility index (Phi) is 5.30. The lowest BCUT2D eigenvalue weighted by Crippen LogP contribution is -2.15. The van der Waals surface area contributed by atoms with Gasteiger partial charge in [0.25, 0.3) is 5.91 Å². The maximum Gasteiger partial charge on any atom is 0.266 e. The van der Waals surface area contributed by atoms with Gasteiger partial charge in [0.1, 0.15) is 17.5 Å². The number of carbonyl (C=O) groups excluding carboxylic acids is 2. The molecule has 3 aromatic rings. The molecule has 0 bridgehead atoms. The van der Waals surface area contributed by atoms with Gasteiger partial charge in [-0.25, -0.2) is 4.98 Å². The minimum Gasteiger partial charge on any atom is -0.359 e. The van der Waals surface area contributed by atoms with Crippen LogP contribution in [0, 0.1) is 24.2 Å². The van der Waals surface area contributed by atoms with Gasteiger partial charge in [0.2, 0.25) is 5.91 Å². The van der Waals surface area contributed by atoms with E-state index in [9.17, 15) is 14.9 Å². The summed E-state index contributed by atoms with van der Waals surface area (Å²) in [6, 6.07) is 9.60. The van der Waals surface area contributed by atoms with E-state index in [1.807, 2.05) is 43.5 Å². The van der Waals surface area contributed by atoms with Gasteiger partial charge in [0, 0.05) is 29.3 Å². The number of nitriles is 1. The molecule has 0 aliphatic heterocycles. The number of aromatic amines is 1. The van der Waals surface area contributed by atoms with Crippen molar-refractivity contribution in [2.24, 2.45) is 5.92 Å². The molecular formula is C24H23N5O2. The standard InChI is InChI=1S/C24H23N5O2/c1-13(2)18(11-25)24(31)28-20-9-14(3)8-17-19(12-27-22(17)20)16-6-7-26-21(10-16)29-23(30)15-4-5-15/h6-10,12,15,27H,4-5H2,1-3H3,(H,28,31)(H,26,29,30). The molecule has 31 heavy (non-hydrogen) atoms. The van der Waals surface area contributed by atoms with Crippen LogP contribution < -0.4 is 10.6 Å². The highest BCUT2D eigenvalue weighted by molar-refractivity contribution is 6.12. The average Bonchev–Trinajstić information content (AvgIpc) is 3.48. The number of hydrogen-bond acceptors (Lipinski definition) is 4. The number of amides is 2. The molecule has 0 unspecified atom stereocenters. The number of fused-ring (bicyclic) bond motifs is 1. The Labute approximate surface area is 180 Å². The number of pyridine rings is 1. The summed E-state index contributed by atoms with van der Waals surface area (Å²) in [5, 5.41) is 15.9. The zero-order chi connectivity index (χ0) is 22.1. The van der Waals surface area contributed by atoms with Crippen molar-refractivity contribution in [1.29, 1.82) is 5.26 Å². The monoisotopic (exact) mass is 413 g/mol. The van der Waals surface area contributed by atoms with E-state index < -0.39 is 5.91 Å². The summed E-state index contributed by atoms with van der Waals surface area (Å²) in [7, 11) is 0. The van der Waals surface area contributed by atoms with E-state index in [2.05, 4.69) is 20.6 Å². The second kappa shape index (κ2) is 8.07. The van der Waals surface area contributed by atoms with Crippen LogP contribution in [0.15, 0.2) is 47.8 Å². The maximum absolute atomic E-state index is 12.6. The van der Waals surface area contributed by atoms with Crippen molar-refractivity contribution in [3.63, 3.8) is 0 Å². The third kappa shape index (κ3) is 4.19. The fourth-order valence-electron chi connectivity index (χ4n) is 3.53. The van der Waals surface area contributed by atoms with Gasteiger partial charge in [-0.3, -0.25) is 9.59 Å². The fourth-order valence-corrected chi connectivity index (χ4v) is 3.53. The average molecular weight is 413 g/mol. The molecule has 2 aromatic heterocycles. The zero-order valence-corrected chi connectivity index (χ0v) is 17.7. The summed E-state index contributed by atoms with van der Waals surface area (Å²) in [6.45, 7) is 5.42. The van der Waals surface area contributed by atoms with E-state index in [4.69, 9.17) is 0 Å². The summed E-state index contributed by atoms with van der Waals surface area (Å²) in [6.07, 6.45) is 5.40. The molecule has 2 heterocycles. The third-order valence-corrected chi connectivity index (χ3v) is 5.29. The third-order valence-electron chi connectivity index (χ3n) is 5.29. The first-order chi connectivity index (χ1) is 14.9. The molecule has 4 rings (SSSR count). The van der Waals surface area contributed by atoms with Crippen LogP contribution in [-0.2, 0) is 9.59 Å². The van der Waals surface area contributed by atoms with E-state index in [1.54, 1.807) is 20.0 Å². The number of aryl methyl sites for hydroxylation is 1. The van der Waals surface area contributed by atoms with Gasteiger partial charge in [-0.1, -0.05) is 5.57 Å². The number of allylic oxidation sites excluding steroid dienone is 1. The summed E-state index contributed by atoms with van der Waals surface area (Å²) in [4.78, 5) is 32.2. The summed E-state index contributed by atoms with van der Waals surface area (Å²) in [5.74, 6) is 0.204.